The first kappa shape index (κ1) is 17.2. The first-order valence-electron chi connectivity index (χ1n) is 6.45. The molecular formula is C13H21ClN2O3S. The highest BCUT2D eigenvalue weighted by atomic mass is 35.5. The quantitative estimate of drug-likeness (QED) is 0.568. The zero-order valence-corrected chi connectivity index (χ0v) is 13.3. The fourth-order valence-electron chi connectivity index (χ4n) is 1.44. The lowest BCUT2D eigenvalue weighted by Gasteiger charge is -2.09. The van der Waals surface area contributed by atoms with Crippen LogP contribution in [0.2, 0.25) is 5.02 Å². The van der Waals surface area contributed by atoms with Crippen LogP contribution in [0.15, 0.2) is 23.1 Å². The number of nitrogen functional groups attached to an aromatic ring is 1. The van der Waals surface area contributed by atoms with Gasteiger partial charge in [0.25, 0.3) is 0 Å². The number of ether oxygens (including phenoxy) is 1. The van der Waals surface area contributed by atoms with E-state index in [0.717, 1.165) is 6.42 Å². The third-order valence-electron chi connectivity index (χ3n) is 2.66. The lowest BCUT2D eigenvalue weighted by Crippen LogP contribution is -2.27. The van der Waals surface area contributed by atoms with Crippen LogP contribution in [0.5, 0.6) is 0 Å². The summed E-state index contributed by atoms with van der Waals surface area (Å²) in [5, 5.41) is 0.334. The van der Waals surface area contributed by atoms with Gasteiger partial charge in [0, 0.05) is 13.2 Å². The Balaban J connectivity index is 2.43. The van der Waals surface area contributed by atoms with Crippen molar-refractivity contribution in [3.63, 3.8) is 0 Å². The number of benzene rings is 1. The van der Waals surface area contributed by atoms with Crippen molar-refractivity contribution in [2.45, 2.75) is 25.2 Å². The number of anilines is 1. The van der Waals surface area contributed by atoms with Gasteiger partial charge in [-0.2, -0.15) is 0 Å². The maximum Gasteiger partial charge on any atom is 0.240 e. The van der Waals surface area contributed by atoms with Gasteiger partial charge in [-0.3, -0.25) is 0 Å². The molecule has 0 saturated carbocycles. The van der Waals surface area contributed by atoms with Gasteiger partial charge in [0.05, 0.1) is 22.2 Å². The average Bonchev–Trinajstić information content (AvgIpc) is 2.36. The number of nitrogens with one attached hydrogen (secondary N) is 1. The van der Waals surface area contributed by atoms with Crippen molar-refractivity contribution in [2.24, 2.45) is 5.92 Å². The van der Waals surface area contributed by atoms with E-state index in [-0.39, 0.29) is 17.1 Å². The Kier molecular flexibility index (Phi) is 6.75. The van der Waals surface area contributed by atoms with Crippen molar-refractivity contribution in [2.75, 3.05) is 25.5 Å². The maximum absolute atomic E-state index is 12.0. The van der Waals surface area contributed by atoms with Gasteiger partial charge in [0.2, 0.25) is 10.0 Å². The predicted molar refractivity (Wildman–Crippen MR) is 81.3 cm³/mol. The lowest BCUT2D eigenvalue weighted by molar-refractivity contribution is 0.128. The normalized spacial score (nSPS) is 12.0. The Morgan fingerprint density at radius 2 is 2.05 bits per heavy atom. The number of nitrogens with two attached hydrogens (primary N) is 1. The summed E-state index contributed by atoms with van der Waals surface area (Å²) >= 11 is 5.76. The minimum atomic E-state index is -3.57. The molecule has 0 saturated heterocycles. The molecule has 7 heteroatoms. The van der Waals surface area contributed by atoms with Crippen LogP contribution in [0.25, 0.3) is 0 Å². The first-order chi connectivity index (χ1) is 9.33. The Morgan fingerprint density at radius 1 is 1.35 bits per heavy atom. The van der Waals surface area contributed by atoms with Crippen molar-refractivity contribution >= 4 is 27.3 Å². The van der Waals surface area contributed by atoms with Gasteiger partial charge in [-0.05, 0) is 30.5 Å². The molecule has 0 spiro atoms. The molecule has 1 aromatic rings. The minimum Gasteiger partial charge on any atom is -0.397 e. The lowest BCUT2D eigenvalue weighted by atomic mass is 10.1. The molecular weight excluding hydrogens is 300 g/mol. The van der Waals surface area contributed by atoms with Crippen LogP contribution >= 0.6 is 11.6 Å². The van der Waals surface area contributed by atoms with Gasteiger partial charge in [-0.25, -0.2) is 13.1 Å². The van der Waals surface area contributed by atoms with Crippen molar-refractivity contribution in [3.8, 4) is 0 Å². The number of hydrogen-bond donors (Lipinski definition) is 2. The molecule has 0 atom stereocenters. The third-order valence-corrected chi connectivity index (χ3v) is 4.46. The van der Waals surface area contributed by atoms with Gasteiger partial charge < -0.3 is 10.5 Å². The molecule has 0 heterocycles. The third kappa shape index (κ3) is 5.66. The minimum absolute atomic E-state index is 0.0987. The second-order valence-corrected chi connectivity index (χ2v) is 7.05. The van der Waals surface area contributed by atoms with E-state index < -0.39 is 10.0 Å². The predicted octanol–water partition coefficient (Wildman–Crippen LogP) is 2.26. The van der Waals surface area contributed by atoms with Crippen LogP contribution < -0.4 is 10.5 Å². The molecule has 0 bridgehead atoms. The van der Waals surface area contributed by atoms with E-state index in [2.05, 4.69) is 18.6 Å². The molecule has 20 heavy (non-hydrogen) atoms. The first-order valence-corrected chi connectivity index (χ1v) is 8.31. The van der Waals surface area contributed by atoms with E-state index >= 15 is 0 Å². The second kappa shape index (κ2) is 7.83. The van der Waals surface area contributed by atoms with E-state index in [1.165, 1.54) is 18.2 Å². The molecule has 0 radical (unpaired) electrons. The average molecular weight is 321 g/mol. The van der Waals surface area contributed by atoms with Crippen LogP contribution in [0.3, 0.4) is 0 Å². The van der Waals surface area contributed by atoms with Gasteiger partial charge in [-0.1, -0.05) is 25.4 Å². The van der Waals surface area contributed by atoms with Gasteiger partial charge in [-0.15, -0.1) is 0 Å². The molecule has 0 aromatic heterocycles. The van der Waals surface area contributed by atoms with E-state index in [4.69, 9.17) is 22.1 Å². The summed E-state index contributed by atoms with van der Waals surface area (Å²) < 4.78 is 31.7. The van der Waals surface area contributed by atoms with Crippen molar-refractivity contribution in [1.29, 1.82) is 0 Å². The molecule has 0 amide bonds. The van der Waals surface area contributed by atoms with E-state index in [1.54, 1.807) is 0 Å². The fraction of sp³-hybridized carbons (Fsp3) is 0.538. The van der Waals surface area contributed by atoms with E-state index in [1.807, 2.05) is 0 Å². The van der Waals surface area contributed by atoms with E-state index in [0.29, 0.717) is 24.2 Å². The summed E-state index contributed by atoms with van der Waals surface area (Å²) in [6.45, 7) is 5.42. The Morgan fingerprint density at radius 3 is 2.65 bits per heavy atom. The highest BCUT2D eigenvalue weighted by molar-refractivity contribution is 7.89. The molecule has 1 rings (SSSR count). The number of hydrogen-bond acceptors (Lipinski definition) is 4. The molecule has 1 aromatic carbocycles. The molecule has 3 N–H and O–H groups in total. The highest BCUT2D eigenvalue weighted by Gasteiger charge is 2.14. The number of sulfonamides is 1. The standard InChI is InChI=1S/C13H21ClN2O3S/c1-10(2)5-7-19-8-6-16-20(17,18)11-3-4-12(14)13(15)9-11/h3-4,9-10,16H,5-8,15H2,1-2H3. The zero-order valence-electron chi connectivity index (χ0n) is 11.7. The highest BCUT2D eigenvalue weighted by Crippen LogP contribution is 2.21. The molecule has 0 aliphatic carbocycles. The fourth-order valence-corrected chi connectivity index (χ4v) is 2.61. The molecule has 0 aliphatic heterocycles. The smallest absolute Gasteiger partial charge is 0.240 e. The van der Waals surface area contributed by atoms with E-state index in [9.17, 15) is 8.42 Å². The monoisotopic (exact) mass is 320 g/mol. The van der Waals surface area contributed by atoms with Gasteiger partial charge in [0.1, 0.15) is 0 Å². The topological polar surface area (TPSA) is 81.4 Å². The Hall–Kier alpha value is -0.820. The van der Waals surface area contributed by atoms with Crippen molar-refractivity contribution in [1.82, 2.24) is 4.72 Å². The van der Waals surface area contributed by atoms with Crippen LogP contribution in [0.4, 0.5) is 5.69 Å². The van der Waals surface area contributed by atoms with Crippen LogP contribution in [0, 0.1) is 5.92 Å². The van der Waals surface area contributed by atoms with Gasteiger partial charge in [0.15, 0.2) is 0 Å². The maximum atomic E-state index is 12.0. The molecule has 0 aliphatic rings. The van der Waals surface area contributed by atoms with Gasteiger partial charge >= 0.3 is 0 Å². The summed E-state index contributed by atoms with van der Waals surface area (Å²) in [6, 6.07) is 4.22. The molecule has 0 unspecified atom stereocenters. The molecule has 114 valence electrons. The van der Waals surface area contributed by atoms with Crippen molar-refractivity contribution in [3.05, 3.63) is 23.2 Å². The largest absolute Gasteiger partial charge is 0.397 e. The van der Waals surface area contributed by atoms with Crippen LogP contribution in [0.1, 0.15) is 20.3 Å². The van der Waals surface area contributed by atoms with Crippen molar-refractivity contribution < 1.29 is 13.2 Å². The molecule has 0 fully saturated rings. The summed E-state index contributed by atoms with van der Waals surface area (Å²) in [7, 11) is -3.57. The van der Waals surface area contributed by atoms with Crippen LogP contribution in [-0.2, 0) is 14.8 Å². The Bertz CT molecular complexity index is 532. The summed E-state index contributed by atoms with van der Waals surface area (Å²) in [5.74, 6) is 0.573. The molecule has 5 nitrogen and oxygen atoms in total. The number of rotatable bonds is 8. The Labute approximate surface area is 125 Å². The summed E-state index contributed by atoms with van der Waals surface area (Å²) in [4.78, 5) is 0.0987. The summed E-state index contributed by atoms with van der Waals surface area (Å²) in [6.07, 6.45) is 0.959. The van der Waals surface area contributed by atoms with Crippen LogP contribution in [-0.4, -0.2) is 28.2 Å². The second-order valence-electron chi connectivity index (χ2n) is 4.88. The number of halogens is 1. The SMILES string of the molecule is CC(C)CCOCCNS(=O)(=O)c1ccc(Cl)c(N)c1. The summed E-state index contributed by atoms with van der Waals surface area (Å²) in [5.41, 5.74) is 5.83. The zero-order chi connectivity index (χ0) is 15.2.